The van der Waals surface area contributed by atoms with E-state index in [-0.39, 0.29) is 5.75 Å². The van der Waals surface area contributed by atoms with Gasteiger partial charge in [-0.3, -0.25) is 4.99 Å². The number of aliphatic imine (C=N–C) groups is 1. The van der Waals surface area contributed by atoms with E-state index in [0.717, 1.165) is 37.4 Å². The SMILES string of the molecule is CCNC(=NCCS(=O)(=O)N1CCOCC1)N1CC2CCCCC2C1. The molecule has 25 heavy (non-hydrogen) atoms. The first-order valence-electron chi connectivity index (χ1n) is 9.69. The highest BCUT2D eigenvalue weighted by molar-refractivity contribution is 7.89. The van der Waals surface area contributed by atoms with Gasteiger partial charge in [-0.05, 0) is 31.6 Å². The summed E-state index contributed by atoms with van der Waals surface area (Å²) in [6.07, 6.45) is 5.35. The fraction of sp³-hybridized carbons (Fsp3) is 0.941. The number of likely N-dealkylation sites (tertiary alicyclic amines) is 1. The Labute approximate surface area is 151 Å². The zero-order chi connectivity index (χ0) is 17.7. The van der Waals surface area contributed by atoms with E-state index in [2.05, 4.69) is 22.1 Å². The number of nitrogens with zero attached hydrogens (tertiary/aromatic N) is 3. The van der Waals surface area contributed by atoms with Gasteiger partial charge in [-0.15, -0.1) is 0 Å². The lowest BCUT2D eigenvalue weighted by Crippen LogP contribution is -2.43. The summed E-state index contributed by atoms with van der Waals surface area (Å²) in [5.74, 6) is 2.53. The molecule has 2 heterocycles. The third kappa shape index (κ3) is 4.86. The average Bonchev–Trinajstić information content (AvgIpc) is 3.06. The van der Waals surface area contributed by atoms with Crippen LogP contribution in [0.2, 0.25) is 0 Å². The summed E-state index contributed by atoms with van der Waals surface area (Å²) in [4.78, 5) is 6.97. The van der Waals surface area contributed by atoms with Crippen LogP contribution in [0.25, 0.3) is 0 Å². The minimum atomic E-state index is -3.24. The van der Waals surface area contributed by atoms with Crippen molar-refractivity contribution in [3.63, 3.8) is 0 Å². The highest BCUT2D eigenvalue weighted by Gasteiger charge is 2.35. The first-order valence-corrected chi connectivity index (χ1v) is 11.3. The molecule has 0 bridgehead atoms. The smallest absolute Gasteiger partial charge is 0.216 e. The molecular weight excluding hydrogens is 340 g/mol. The number of guanidine groups is 1. The molecule has 1 aliphatic carbocycles. The van der Waals surface area contributed by atoms with E-state index in [1.807, 2.05) is 0 Å². The van der Waals surface area contributed by atoms with Gasteiger partial charge in [0.25, 0.3) is 0 Å². The van der Waals surface area contributed by atoms with E-state index in [0.29, 0.717) is 32.8 Å². The molecule has 2 unspecified atom stereocenters. The minimum Gasteiger partial charge on any atom is -0.379 e. The van der Waals surface area contributed by atoms with Crippen LogP contribution < -0.4 is 5.32 Å². The Hall–Kier alpha value is -0.860. The van der Waals surface area contributed by atoms with Crippen LogP contribution in [-0.4, -0.2) is 81.8 Å². The number of morpholine rings is 1. The summed E-state index contributed by atoms with van der Waals surface area (Å²) < 4.78 is 31.6. The lowest BCUT2D eigenvalue weighted by molar-refractivity contribution is 0.0731. The number of sulfonamides is 1. The summed E-state index contributed by atoms with van der Waals surface area (Å²) in [5.41, 5.74) is 0. The molecule has 3 fully saturated rings. The van der Waals surface area contributed by atoms with Gasteiger partial charge in [0, 0.05) is 32.7 Å². The highest BCUT2D eigenvalue weighted by atomic mass is 32.2. The summed E-state index contributed by atoms with van der Waals surface area (Å²) in [7, 11) is -3.24. The topological polar surface area (TPSA) is 74.2 Å². The van der Waals surface area contributed by atoms with Crippen molar-refractivity contribution in [2.45, 2.75) is 32.6 Å². The van der Waals surface area contributed by atoms with Gasteiger partial charge in [0.2, 0.25) is 10.0 Å². The van der Waals surface area contributed by atoms with Crippen LogP contribution in [0.5, 0.6) is 0 Å². The molecule has 3 aliphatic rings. The summed E-state index contributed by atoms with van der Waals surface area (Å²) >= 11 is 0. The monoisotopic (exact) mass is 372 g/mol. The van der Waals surface area contributed by atoms with E-state index in [1.165, 1.54) is 30.0 Å². The molecule has 144 valence electrons. The fourth-order valence-corrected chi connectivity index (χ4v) is 5.51. The maximum Gasteiger partial charge on any atom is 0.216 e. The molecule has 0 aromatic rings. The second-order valence-electron chi connectivity index (χ2n) is 7.27. The molecule has 0 spiro atoms. The molecule has 0 aromatic carbocycles. The number of rotatable bonds is 5. The van der Waals surface area contributed by atoms with Crippen molar-refractivity contribution in [2.24, 2.45) is 16.8 Å². The van der Waals surface area contributed by atoms with Crippen LogP contribution in [0, 0.1) is 11.8 Å². The number of hydrogen-bond donors (Lipinski definition) is 1. The Kier molecular flexibility index (Phi) is 6.57. The van der Waals surface area contributed by atoms with Gasteiger partial charge < -0.3 is 15.0 Å². The summed E-state index contributed by atoms with van der Waals surface area (Å²) in [5, 5.41) is 3.35. The molecule has 7 nitrogen and oxygen atoms in total. The average molecular weight is 373 g/mol. The van der Waals surface area contributed by atoms with Crippen LogP contribution in [0.3, 0.4) is 0 Å². The third-order valence-electron chi connectivity index (χ3n) is 5.58. The summed E-state index contributed by atoms with van der Waals surface area (Å²) in [6, 6.07) is 0. The van der Waals surface area contributed by atoms with Gasteiger partial charge in [0.1, 0.15) is 0 Å². The molecule has 0 amide bonds. The highest BCUT2D eigenvalue weighted by Crippen LogP contribution is 2.35. The quantitative estimate of drug-likeness (QED) is 0.569. The van der Waals surface area contributed by atoms with Crippen molar-refractivity contribution in [3.05, 3.63) is 0 Å². The second kappa shape index (κ2) is 8.68. The van der Waals surface area contributed by atoms with Crippen molar-refractivity contribution in [3.8, 4) is 0 Å². The van der Waals surface area contributed by atoms with Crippen LogP contribution >= 0.6 is 0 Å². The number of fused-ring (bicyclic) bond motifs is 1. The number of nitrogens with one attached hydrogen (secondary N) is 1. The van der Waals surface area contributed by atoms with Crippen LogP contribution in [0.4, 0.5) is 0 Å². The number of hydrogen-bond acceptors (Lipinski definition) is 4. The zero-order valence-electron chi connectivity index (χ0n) is 15.3. The molecule has 0 aromatic heterocycles. The maximum atomic E-state index is 12.4. The standard InChI is InChI=1S/C17H32N4O3S/c1-2-18-17(20-13-15-5-3-4-6-16(15)14-20)19-7-12-25(22,23)21-8-10-24-11-9-21/h15-16H,2-14H2,1H3,(H,18,19). The molecule has 0 radical (unpaired) electrons. The van der Waals surface area contributed by atoms with Gasteiger partial charge in [0.05, 0.1) is 25.5 Å². The van der Waals surface area contributed by atoms with Gasteiger partial charge in [-0.2, -0.15) is 4.31 Å². The molecule has 1 saturated carbocycles. The predicted octanol–water partition coefficient (Wildman–Crippen LogP) is 0.736. The molecule has 2 atom stereocenters. The van der Waals surface area contributed by atoms with E-state index in [9.17, 15) is 8.42 Å². The maximum absolute atomic E-state index is 12.4. The van der Waals surface area contributed by atoms with Crippen LogP contribution in [0.1, 0.15) is 32.6 Å². The van der Waals surface area contributed by atoms with Crippen LogP contribution in [-0.2, 0) is 14.8 Å². The van der Waals surface area contributed by atoms with Crippen molar-refractivity contribution < 1.29 is 13.2 Å². The summed E-state index contributed by atoms with van der Waals surface area (Å²) in [6.45, 7) is 7.20. The Balaban J connectivity index is 1.57. The van der Waals surface area contributed by atoms with Gasteiger partial charge in [-0.25, -0.2) is 8.42 Å². The Morgan fingerprint density at radius 3 is 2.40 bits per heavy atom. The second-order valence-corrected chi connectivity index (χ2v) is 9.36. The van der Waals surface area contributed by atoms with Gasteiger partial charge in [0.15, 0.2) is 5.96 Å². The molecular formula is C17H32N4O3S. The van der Waals surface area contributed by atoms with Gasteiger partial charge >= 0.3 is 0 Å². The first-order chi connectivity index (χ1) is 12.1. The fourth-order valence-electron chi connectivity index (χ4n) is 4.23. The van der Waals surface area contributed by atoms with E-state index in [1.54, 1.807) is 0 Å². The molecule has 3 rings (SSSR count). The number of ether oxygens (including phenoxy) is 1. The van der Waals surface area contributed by atoms with Crippen LogP contribution in [0.15, 0.2) is 4.99 Å². The van der Waals surface area contributed by atoms with E-state index in [4.69, 9.17) is 4.74 Å². The third-order valence-corrected chi connectivity index (χ3v) is 7.44. The van der Waals surface area contributed by atoms with E-state index >= 15 is 0 Å². The van der Waals surface area contributed by atoms with Crippen molar-refractivity contribution in [1.82, 2.24) is 14.5 Å². The lowest BCUT2D eigenvalue weighted by atomic mass is 9.82. The first kappa shape index (κ1) is 18.9. The normalized spacial score (nSPS) is 28.8. The Bertz CT molecular complexity index is 546. The Morgan fingerprint density at radius 1 is 1.16 bits per heavy atom. The minimum absolute atomic E-state index is 0.0720. The zero-order valence-corrected chi connectivity index (χ0v) is 16.1. The van der Waals surface area contributed by atoms with Crippen molar-refractivity contribution >= 4 is 16.0 Å². The molecule has 1 N–H and O–H groups in total. The molecule has 2 aliphatic heterocycles. The molecule has 8 heteroatoms. The van der Waals surface area contributed by atoms with Crippen molar-refractivity contribution in [1.29, 1.82) is 0 Å². The lowest BCUT2D eigenvalue weighted by Gasteiger charge is -2.26. The Morgan fingerprint density at radius 2 is 1.80 bits per heavy atom. The van der Waals surface area contributed by atoms with Gasteiger partial charge in [-0.1, -0.05) is 12.8 Å². The predicted molar refractivity (Wildman–Crippen MR) is 99.2 cm³/mol. The molecule has 2 saturated heterocycles. The van der Waals surface area contributed by atoms with E-state index < -0.39 is 10.0 Å². The largest absolute Gasteiger partial charge is 0.379 e. The van der Waals surface area contributed by atoms with Crippen molar-refractivity contribution in [2.75, 3.05) is 58.2 Å².